The second-order valence-electron chi connectivity index (χ2n) is 7.23. The molecule has 4 rings (SSSR count). The van der Waals surface area contributed by atoms with E-state index in [-0.39, 0.29) is 23.5 Å². The Morgan fingerprint density at radius 3 is 2.58 bits per heavy atom. The molecule has 0 fully saturated rings. The van der Waals surface area contributed by atoms with Crippen molar-refractivity contribution in [1.29, 1.82) is 5.41 Å². The molecule has 2 aromatic heterocycles. The number of aryl methyl sites for hydroxylation is 1. The summed E-state index contributed by atoms with van der Waals surface area (Å²) in [6.45, 7) is 7.70. The van der Waals surface area contributed by atoms with Gasteiger partial charge in [-0.05, 0) is 43.0 Å². The molecule has 0 bridgehead atoms. The van der Waals surface area contributed by atoms with Gasteiger partial charge in [-0.3, -0.25) is 9.36 Å². The minimum atomic E-state index is -0.561. The van der Waals surface area contributed by atoms with Gasteiger partial charge in [0.05, 0.1) is 23.2 Å². The van der Waals surface area contributed by atoms with E-state index in [0.717, 1.165) is 5.56 Å². The van der Waals surface area contributed by atoms with Gasteiger partial charge >= 0.3 is 0 Å². The SMILES string of the molecule is CC.CC(=N)c1c(N)ncnc1NCc1cc2cccc(F)c2c(=O)n1-c1ccccc1C. The molecule has 0 unspecified atom stereocenters. The maximum atomic E-state index is 14.5. The number of nitrogens with two attached hydrogens (primary N) is 1. The highest BCUT2D eigenvalue weighted by molar-refractivity contribution is 6.04. The van der Waals surface area contributed by atoms with Crippen LogP contribution in [0.5, 0.6) is 0 Å². The molecule has 0 atom stereocenters. The van der Waals surface area contributed by atoms with Crippen LogP contribution in [0.25, 0.3) is 16.5 Å². The number of hydrogen-bond acceptors (Lipinski definition) is 6. The van der Waals surface area contributed by atoms with E-state index in [1.807, 2.05) is 45.0 Å². The first-order valence-corrected chi connectivity index (χ1v) is 10.7. The number of nitrogen functional groups attached to an aromatic ring is 1. The third-order valence-corrected chi connectivity index (χ3v) is 5.12. The van der Waals surface area contributed by atoms with Crippen LogP contribution in [0.1, 0.15) is 37.6 Å². The fraction of sp³-hybridized carbons (Fsp3) is 0.200. The maximum Gasteiger partial charge on any atom is 0.266 e. The van der Waals surface area contributed by atoms with Crippen molar-refractivity contribution in [2.45, 2.75) is 34.2 Å². The van der Waals surface area contributed by atoms with Crippen molar-refractivity contribution in [3.8, 4) is 5.69 Å². The molecule has 0 radical (unpaired) electrons. The Kier molecular flexibility index (Phi) is 7.17. The van der Waals surface area contributed by atoms with Crippen LogP contribution in [0.3, 0.4) is 0 Å². The topological polar surface area (TPSA) is 110 Å². The first-order chi connectivity index (χ1) is 15.9. The molecule has 0 amide bonds. The summed E-state index contributed by atoms with van der Waals surface area (Å²) in [6.07, 6.45) is 1.31. The lowest BCUT2D eigenvalue weighted by Crippen LogP contribution is -2.25. The molecule has 0 spiro atoms. The number of nitrogens with zero attached hydrogens (tertiary/aromatic N) is 3. The van der Waals surface area contributed by atoms with Crippen molar-refractivity contribution in [1.82, 2.24) is 14.5 Å². The molecule has 0 saturated heterocycles. The molecule has 2 heterocycles. The van der Waals surface area contributed by atoms with Crippen LogP contribution < -0.4 is 16.6 Å². The summed E-state index contributed by atoms with van der Waals surface area (Å²) in [7, 11) is 0. The average Bonchev–Trinajstić information content (AvgIpc) is 2.79. The predicted octanol–water partition coefficient (Wildman–Crippen LogP) is 4.84. The highest BCUT2D eigenvalue weighted by Gasteiger charge is 2.17. The van der Waals surface area contributed by atoms with E-state index in [0.29, 0.717) is 28.1 Å². The van der Waals surface area contributed by atoms with Crippen LogP contribution >= 0.6 is 0 Å². The van der Waals surface area contributed by atoms with E-state index in [4.69, 9.17) is 11.1 Å². The summed E-state index contributed by atoms with van der Waals surface area (Å²) in [5.41, 5.74) is 8.26. The van der Waals surface area contributed by atoms with Crippen molar-refractivity contribution in [2.75, 3.05) is 11.1 Å². The number of fused-ring (bicyclic) bond motifs is 1. The average molecular weight is 447 g/mol. The maximum absolute atomic E-state index is 14.5. The first kappa shape index (κ1) is 23.6. The van der Waals surface area contributed by atoms with Crippen molar-refractivity contribution in [2.24, 2.45) is 0 Å². The number of para-hydroxylation sites is 1. The van der Waals surface area contributed by atoms with Crippen LogP contribution in [-0.4, -0.2) is 20.2 Å². The van der Waals surface area contributed by atoms with Gasteiger partial charge in [-0.2, -0.15) is 0 Å². The Morgan fingerprint density at radius 1 is 1.15 bits per heavy atom. The van der Waals surface area contributed by atoms with Crippen LogP contribution in [0.4, 0.5) is 16.0 Å². The molecule has 2 aromatic carbocycles. The smallest absolute Gasteiger partial charge is 0.266 e. The number of anilines is 2. The minimum Gasteiger partial charge on any atom is -0.383 e. The number of pyridine rings is 1. The summed E-state index contributed by atoms with van der Waals surface area (Å²) in [6, 6.07) is 13.8. The molecule has 7 nitrogen and oxygen atoms in total. The van der Waals surface area contributed by atoms with Gasteiger partial charge in [0.15, 0.2) is 0 Å². The van der Waals surface area contributed by atoms with Gasteiger partial charge in [0.25, 0.3) is 5.56 Å². The zero-order chi connectivity index (χ0) is 24.1. The standard InChI is InChI=1S/C23H21FN6O.C2H6/c1-13-6-3-4-9-18(13)30-16(10-15-7-5-8-17(24)20(15)23(30)31)11-27-22-19(14(2)25)21(26)28-12-29-22;1-2/h3-10,12,25H,11H2,1-2H3,(H3,26,27,28,29);1-2H3. The van der Waals surface area contributed by atoms with Gasteiger partial charge in [0, 0.05) is 11.4 Å². The zero-order valence-electron chi connectivity index (χ0n) is 19.1. The molecule has 0 aliphatic heterocycles. The van der Waals surface area contributed by atoms with Crippen LogP contribution in [0.2, 0.25) is 0 Å². The van der Waals surface area contributed by atoms with Crippen LogP contribution in [0, 0.1) is 18.2 Å². The lowest BCUT2D eigenvalue weighted by molar-refractivity contribution is 0.637. The second-order valence-corrected chi connectivity index (χ2v) is 7.23. The van der Waals surface area contributed by atoms with Gasteiger partial charge in [-0.15, -0.1) is 0 Å². The molecule has 0 aliphatic carbocycles. The second kappa shape index (κ2) is 10.0. The lowest BCUT2D eigenvalue weighted by Gasteiger charge is -2.18. The molecular weight excluding hydrogens is 419 g/mol. The van der Waals surface area contributed by atoms with Crippen molar-refractivity contribution < 1.29 is 4.39 Å². The molecule has 33 heavy (non-hydrogen) atoms. The van der Waals surface area contributed by atoms with Gasteiger partial charge in [0.2, 0.25) is 0 Å². The zero-order valence-corrected chi connectivity index (χ0v) is 19.1. The molecule has 8 heteroatoms. The first-order valence-electron chi connectivity index (χ1n) is 10.7. The van der Waals surface area contributed by atoms with Gasteiger partial charge < -0.3 is 16.5 Å². The lowest BCUT2D eigenvalue weighted by atomic mass is 10.1. The summed E-state index contributed by atoms with van der Waals surface area (Å²) in [5, 5.41) is 11.7. The molecular formula is C25H27FN6O. The predicted molar refractivity (Wildman–Crippen MR) is 132 cm³/mol. The van der Waals surface area contributed by atoms with Crippen molar-refractivity contribution in [3.05, 3.63) is 87.9 Å². The fourth-order valence-corrected chi connectivity index (χ4v) is 3.66. The number of aromatic nitrogens is 3. The molecule has 4 N–H and O–H groups in total. The van der Waals surface area contributed by atoms with Gasteiger partial charge in [-0.1, -0.05) is 44.2 Å². The quantitative estimate of drug-likeness (QED) is 0.380. The van der Waals surface area contributed by atoms with Crippen LogP contribution in [-0.2, 0) is 6.54 Å². The van der Waals surface area contributed by atoms with E-state index in [2.05, 4.69) is 15.3 Å². The molecule has 4 aromatic rings. The van der Waals surface area contributed by atoms with E-state index in [1.54, 1.807) is 25.1 Å². The monoisotopic (exact) mass is 446 g/mol. The Morgan fingerprint density at radius 2 is 1.88 bits per heavy atom. The fourth-order valence-electron chi connectivity index (χ4n) is 3.66. The van der Waals surface area contributed by atoms with E-state index < -0.39 is 11.4 Å². The van der Waals surface area contributed by atoms with Gasteiger partial charge in [0.1, 0.15) is 23.8 Å². The molecule has 0 saturated carbocycles. The van der Waals surface area contributed by atoms with E-state index in [1.165, 1.54) is 17.0 Å². The largest absolute Gasteiger partial charge is 0.383 e. The highest BCUT2D eigenvalue weighted by atomic mass is 19.1. The number of halogens is 1. The minimum absolute atomic E-state index is 0.0387. The van der Waals surface area contributed by atoms with Crippen LogP contribution in [0.15, 0.2) is 59.7 Å². The normalized spacial score (nSPS) is 10.5. The van der Waals surface area contributed by atoms with Crippen molar-refractivity contribution >= 4 is 28.1 Å². The molecule has 0 aliphatic rings. The Bertz CT molecular complexity index is 1380. The highest BCUT2D eigenvalue weighted by Crippen LogP contribution is 2.23. The Labute approximate surface area is 191 Å². The number of hydrogen-bond donors (Lipinski definition) is 3. The summed E-state index contributed by atoms with van der Waals surface area (Å²) >= 11 is 0. The van der Waals surface area contributed by atoms with Crippen molar-refractivity contribution in [3.63, 3.8) is 0 Å². The third-order valence-electron chi connectivity index (χ3n) is 5.12. The Hall–Kier alpha value is -4.07. The number of benzene rings is 2. The number of nitrogens with one attached hydrogen (secondary N) is 2. The molecule has 170 valence electrons. The summed E-state index contributed by atoms with van der Waals surface area (Å²) in [5.74, 6) is 0.0274. The third kappa shape index (κ3) is 4.59. The summed E-state index contributed by atoms with van der Waals surface area (Å²) < 4.78 is 16.0. The van der Waals surface area contributed by atoms with Gasteiger partial charge in [-0.25, -0.2) is 14.4 Å². The van der Waals surface area contributed by atoms with E-state index >= 15 is 0 Å². The summed E-state index contributed by atoms with van der Waals surface area (Å²) in [4.78, 5) is 21.5. The number of rotatable bonds is 5. The Balaban J connectivity index is 0.00000149. The van der Waals surface area contributed by atoms with E-state index in [9.17, 15) is 9.18 Å².